The van der Waals surface area contributed by atoms with E-state index in [4.69, 9.17) is 0 Å². The number of hydrogen-bond donors (Lipinski definition) is 2. The summed E-state index contributed by atoms with van der Waals surface area (Å²) >= 11 is 0. The van der Waals surface area contributed by atoms with E-state index in [2.05, 4.69) is 27.5 Å². The molecule has 1 aromatic rings. The Bertz CT molecular complexity index is 520. The zero-order valence-electron chi connectivity index (χ0n) is 12.8. The highest BCUT2D eigenvalue weighted by atomic mass is 16.6. The zero-order chi connectivity index (χ0) is 15.4. The molecular weight excluding hydrogens is 270 g/mol. The summed E-state index contributed by atoms with van der Waals surface area (Å²) in [6.45, 7) is 4.63. The Morgan fingerprint density at radius 3 is 2.76 bits per heavy atom. The maximum Gasteiger partial charge on any atom is 0.332 e. The van der Waals surface area contributed by atoms with E-state index in [1.54, 1.807) is 14.0 Å². The standard InChI is InChI=1S/C14H23N5O2/c1-9-5-4-6-11(7-9)8-16-13-12(19(20)21)10(2)17-14(15-3)18-13/h9,11H,4-8H2,1-3H3,(H2,15,16,17,18). The molecule has 1 fully saturated rings. The lowest BCUT2D eigenvalue weighted by Gasteiger charge is -2.26. The largest absolute Gasteiger partial charge is 0.364 e. The second-order valence-corrected chi connectivity index (χ2v) is 5.86. The molecular formula is C14H23N5O2. The SMILES string of the molecule is CNc1nc(C)c([N+](=O)[O-])c(NCC2CCCC(C)C2)n1. The maximum absolute atomic E-state index is 11.2. The van der Waals surface area contributed by atoms with Gasteiger partial charge in [0, 0.05) is 13.6 Å². The van der Waals surface area contributed by atoms with Crippen LogP contribution in [0.2, 0.25) is 0 Å². The summed E-state index contributed by atoms with van der Waals surface area (Å²) in [5, 5.41) is 17.2. The summed E-state index contributed by atoms with van der Waals surface area (Å²) in [7, 11) is 1.70. The Hall–Kier alpha value is -1.92. The van der Waals surface area contributed by atoms with Gasteiger partial charge in [-0.15, -0.1) is 0 Å². The molecule has 1 aliphatic rings. The lowest BCUT2D eigenvalue weighted by molar-refractivity contribution is -0.385. The molecule has 7 nitrogen and oxygen atoms in total. The first-order valence-corrected chi connectivity index (χ1v) is 7.46. The fourth-order valence-electron chi connectivity index (χ4n) is 3.01. The molecule has 0 spiro atoms. The number of hydrogen-bond acceptors (Lipinski definition) is 6. The van der Waals surface area contributed by atoms with Gasteiger partial charge in [-0.2, -0.15) is 4.98 Å². The number of nitrogens with one attached hydrogen (secondary N) is 2. The Morgan fingerprint density at radius 1 is 1.38 bits per heavy atom. The molecule has 116 valence electrons. The molecule has 2 unspecified atom stereocenters. The highest BCUT2D eigenvalue weighted by molar-refractivity contribution is 5.60. The molecule has 21 heavy (non-hydrogen) atoms. The predicted molar refractivity (Wildman–Crippen MR) is 82.6 cm³/mol. The molecule has 1 aromatic heterocycles. The van der Waals surface area contributed by atoms with Gasteiger partial charge >= 0.3 is 5.69 Å². The summed E-state index contributed by atoms with van der Waals surface area (Å²) in [6.07, 6.45) is 4.87. The van der Waals surface area contributed by atoms with Crippen LogP contribution in [0, 0.1) is 28.9 Å². The fourth-order valence-corrected chi connectivity index (χ4v) is 3.01. The van der Waals surface area contributed by atoms with Gasteiger partial charge in [0.15, 0.2) is 0 Å². The average molecular weight is 293 g/mol. The number of aromatic nitrogens is 2. The van der Waals surface area contributed by atoms with Gasteiger partial charge in [-0.05, 0) is 31.6 Å². The lowest BCUT2D eigenvalue weighted by Crippen LogP contribution is -2.22. The van der Waals surface area contributed by atoms with Crippen LogP contribution >= 0.6 is 0 Å². The highest BCUT2D eigenvalue weighted by Crippen LogP contribution is 2.30. The number of rotatable bonds is 5. The molecule has 0 saturated heterocycles. The van der Waals surface area contributed by atoms with Crippen molar-refractivity contribution in [1.82, 2.24) is 9.97 Å². The van der Waals surface area contributed by atoms with Crippen LogP contribution in [-0.2, 0) is 0 Å². The number of nitrogens with zero attached hydrogens (tertiary/aromatic N) is 3. The summed E-state index contributed by atoms with van der Waals surface area (Å²) in [5.41, 5.74) is 0.344. The second kappa shape index (κ2) is 6.69. The van der Waals surface area contributed by atoms with Gasteiger partial charge in [0.25, 0.3) is 0 Å². The molecule has 0 amide bonds. The third-order valence-electron chi connectivity index (χ3n) is 4.07. The van der Waals surface area contributed by atoms with Crippen molar-refractivity contribution in [1.29, 1.82) is 0 Å². The maximum atomic E-state index is 11.2. The van der Waals surface area contributed by atoms with Crippen molar-refractivity contribution in [2.24, 2.45) is 11.8 Å². The smallest absolute Gasteiger partial charge is 0.332 e. The van der Waals surface area contributed by atoms with Crippen molar-refractivity contribution < 1.29 is 4.92 Å². The van der Waals surface area contributed by atoms with Crippen LogP contribution in [-0.4, -0.2) is 28.5 Å². The van der Waals surface area contributed by atoms with Crippen molar-refractivity contribution in [3.8, 4) is 0 Å². The molecule has 0 aliphatic heterocycles. The Labute approximate surface area is 124 Å². The van der Waals surface area contributed by atoms with Crippen molar-refractivity contribution in [3.63, 3.8) is 0 Å². The summed E-state index contributed by atoms with van der Waals surface area (Å²) < 4.78 is 0. The van der Waals surface area contributed by atoms with Gasteiger partial charge in [0.2, 0.25) is 11.8 Å². The topological polar surface area (TPSA) is 93.0 Å². The number of anilines is 2. The van der Waals surface area contributed by atoms with Gasteiger partial charge < -0.3 is 10.6 Å². The predicted octanol–water partition coefficient (Wildman–Crippen LogP) is 2.97. The zero-order valence-corrected chi connectivity index (χ0v) is 12.8. The Morgan fingerprint density at radius 2 is 2.14 bits per heavy atom. The first-order chi connectivity index (χ1) is 10.0. The summed E-state index contributed by atoms with van der Waals surface area (Å²) in [5.74, 6) is 2.01. The van der Waals surface area contributed by atoms with E-state index in [-0.39, 0.29) is 5.69 Å². The summed E-state index contributed by atoms with van der Waals surface area (Å²) in [6, 6.07) is 0. The van der Waals surface area contributed by atoms with Gasteiger partial charge in [-0.1, -0.05) is 19.8 Å². The molecule has 2 rings (SSSR count). The van der Waals surface area contributed by atoms with Gasteiger partial charge in [0.05, 0.1) is 4.92 Å². The van der Waals surface area contributed by atoms with Crippen LogP contribution in [0.15, 0.2) is 0 Å². The molecule has 0 aromatic carbocycles. The molecule has 2 N–H and O–H groups in total. The molecule has 0 bridgehead atoms. The second-order valence-electron chi connectivity index (χ2n) is 5.86. The minimum atomic E-state index is -0.416. The molecule has 1 aliphatic carbocycles. The molecule has 1 saturated carbocycles. The molecule has 7 heteroatoms. The molecule has 0 radical (unpaired) electrons. The van der Waals surface area contributed by atoms with Crippen LogP contribution < -0.4 is 10.6 Å². The van der Waals surface area contributed by atoms with Crippen molar-refractivity contribution in [2.75, 3.05) is 24.2 Å². The van der Waals surface area contributed by atoms with E-state index in [1.807, 2.05) is 0 Å². The van der Waals surface area contributed by atoms with Crippen LogP contribution in [0.25, 0.3) is 0 Å². The van der Waals surface area contributed by atoms with Crippen LogP contribution in [0.5, 0.6) is 0 Å². The Balaban J connectivity index is 2.14. The van der Waals surface area contributed by atoms with Crippen molar-refractivity contribution >= 4 is 17.5 Å². The number of nitro groups is 1. The van der Waals surface area contributed by atoms with E-state index in [0.717, 1.165) is 12.5 Å². The van der Waals surface area contributed by atoms with Crippen LogP contribution in [0.4, 0.5) is 17.5 Å². The lowest BCUT2D eigenvalue weighted by atomic mass is 9.82. The fraction of sp³-hybridized carbons (Fsp3) is 0.714. The monoisotopic (exact) mass is 293 g/mol. The van der Waals surface area contributed by atoms with Crippen molar-refractivity contribution in [2.45, 2.75) is 39.5 Å². The Kier molecular flexibility index (Phi) is 4.93. The normalized spacial score (nSPS) is 21.9. The van der Waals surface area contributed by atoms with Gasteiger partial charge in [0.1, 0.15) is 5.69 Å². The van der Waals surface area contributed by atoms with Crippen LogP contribution in [0.1, 0.15) is 38.3 Å². The first-order valence-electron chi connectivity index (χ1n) is 7.46. The quantitative estimate of drug-likeness (QED) is 0.640. The minimum absolute atomic E-state index is 0.0298. The first kappa shape index (κ1) is 15.5. The van der Waals surface area contributed by atoms with E-state index in [0.29, 0.717) is 23.4 Å². The summed E-state index contributed by atoms with van der Waals surface area (Å²) in [4.78, 5) is 19.1. The third-order valence-corrected chi connectivity index (χ3v) is 4.07. The van der Waals surface area contributed by atoms with Crippen molar-refractivity contribution in [3.05, 3.63) is 15.8 Å². The van der Waals surface area contributed by atoms with E-state index in [1.165, 1.54) is 25.7 Å². The highest BCUT2D eigenvalue weighted by Gasteiger charge is 2.24. The van der Waals surface area contributed by atoms with Gasteiger partial charge in [-0.25, -0.2) is 4.98 Å². The third kappa shape index (κ3) is 3.80. The molecule has 1 heterocycles. The van der Waals surface area contributed by atoms with E-state index >= 15 is 0 Å². The van der Waals surface area contributed by atoms with Gasteiger partial charge in [-0.3, -0.25) is 10.1 Å². The average Bonchev–Trinajstić information content (AvgIpc) is 2.44. The van der Waals surface area contributed by atoms with E-state index < -0.39 is 4.92 Å². The van der Waals surface area contributed by atoms with E-state index in [9.17, 15) is 10.1 Å². The number of aryl methyl sites for hydroxylation is 1. The molecule has 2 atom stereocenters. The van der Waals surface area contributed by atoms with Crippen LogP contribution in [0.3, 0.4) is 0 Å². The minimum Gasteiger partial charge on any atom is -0.364 e.